The molecule has 110 valence electrons. The number of benzene rings is 2. The van der Waals surface area contributed by atoms with Crippen LogP contribution in [0, 0.1) is 5.82 Å². The summed E-state index contributed by atoms with van der Waals surface area (Å²) in [5.74, 6) is 0.344. The molecule has 3 aromatic rings. The van der Waals surface area contributed by atoms with Gasteiger partial charge in [0.25, 0.3) is 0 Å². The second kappa shape index (κ2) is 6.58. The fourth-order valence-electron chi connectivity index (χ4n) is 2.06. The van der Waals surface area contributed by atoms with Crippen LogP contribution in [0.25, 0.3) is 11.1 Å². The van der Waals surface area contributed by atoms with Crippen molar-refractivity contribution < 1.29 is 9.13 Å². The molecule has 0 aliphatic carbocycles. The zero-order chi connectivity index (χ0) is 15.4. The smallest absolute Gasteiger partial charge is 0.123 e. The van der Waals surface area contributed by atoms with E-state index < -0.39 is 0 Å². The van der Waals surface area contributed by atoms with E-state index in [9.17, 15) is 4.39 Å². The number of ether oxygens (including phenoxy) is 1. The van der Waals surface area contributed by atoms with Crippen molar-refractivity contribution in [2.24, 2.45) is 0 Å². The molecule has 0 radical (unpaired) electrons. The van der Waals surface area contributed by atoms with E-state index in [4.69, 9.17) is 16.3 Å². The summed E-state index contributed by atoms with van der Waals surface area (Å²) in [5.41, 5.74) is 2.98. The van der Waals surface area contributed by atoms with Gasteiger partial charge in [0.1, 0.15) is 18.2 Å². The fourth-order valence-corrected chi connectivity index (χ4v) is 2.19. The summed E-state index contributed by atoms with van der Waals surface area (Å²) in [7, 11) is 0. The predicted octanol–water partition coefficient (Wildman–Crippen LogP) is 5.12. The van der Waals surface area contributed by atoms with Crippen LogP contribution in [0.5, 0.6) is 5.75 Å². The fraction of sp³-hybridized carbons (Fsp3) is 0.0556. The van der Waals surface area contributed by atoms with Gasteiger partial charge in [-0.3, -0.25) is 4.98 Å². The molecular formula is C18H13ClFNO. The van der Waals surface area contributed by atoms with Crippen LogP contribution in [0.4, 0.5) is 4.39 Å². The molecule has 0 bridgehead atoms. The minimum absolute atomic E-state index is 0.279. The highest BCUT2D eigenvalue weighted by Gasteiger charge is 2.02. The van der Waals surface area contributed by atoms with Crippen molar-refractivity contribution in [3.8, 4) is 16.9 Å². The van der Waals surface area contributed by atoms with Gasteiger partial charge in [-0.25, -0.2) is 4.39 Å². The molecule has 4 heteroatoms. The van der Waals surface area contributed by atoms with Crippen molar-refractivity contribution in [3.63, 3.8) is 0 Å². The maximum Gasteiger partial charge on any atom is 0.123 e. The highest BCUT2D eigenvalue weighted by molar-refractivity contribution is 6.30. The molecule has 22 heavy (non-hydrogen) atoms. The molecule has 1 aromatic heterocycles. The summed E-state index contributed by atoms with van der Waals surface area (Å²) < 4.78 is 18.5. The van der Waals surface area contributed by atoms with Crippen LogP contribution in [0.2, 0.25) is 5.02 Å². The lowest BCUT2D eigenvalue weighted by Crippen LogP contribution is -1.96. The third kappa shape index (κ3) is 3.62. The molecule has 0 saturated carbocycles. The van der Waals surface area contributed by atoms with Crippen LogP contribution in [0.15, 0.2) is 67.0 Å². The molecule has 0 saturated heterocycles. The van der Waals surface area contributed by atoms with Crippen LogP contribution in [-0.2, 0) is 6.61 Å². The van der Waals surface area contributed by atoms with E-state index >= 15 is 0 Å². The molecule has 0 amide bonds. The number of halogens is 2. The normalized spacial score (nSPS) is 10.5. The third-order valence-electron chi connectivity index (χ3n) is 3.19. The van der Waals surface area contributed by atoms with Gasteiger partial charge in [-0.15, -0.1) is 0 Å². The van der Waals surface area contributed by atoms with E-state index in [2.05, 4.69) is 4.98 Å². The molecule has 3 rings (SSSR count). The van der Waals surface area contributed by atoms with Crippen molar-refractivity contribution in [1.82, 2.24) is 4.98 Å². The van der Waals surface area contributed by atoms with E-state index in [0.29, 0.717) is 17.4 Å². The zero-order valence-electron chi connectivity index (χ0n) is 11.7. The van der Waals surface area contributed by atoms with E-state index in [1.165, 1.54) is 12.1 Å². The van der Waals surface area contributed by atoms with Crippen molar-refractivity contribution in [3.05, 3.63) is 83.4 Å². The summed E-state index contributed by atoms with van der Waals surface area (Å²) in [6.45, 7) is 0.375. The number of hydrogen-bond acceptors (Lipinski definition) is 2. The molecule has 2 nitrogen and oxygen atoms in total. The first-order chi connectivity index (χ1) is 10.7. The van der Waals surface area contributed by atoms with Gasteiger partial charge in [-0.1, -0.05) is 23.7 Å². The Kier molecular flexibility index (Phi) is 4.35. The Morgan fingerprint density at radius 1 is 0.909 bits per heavy atom. The largest absolute Gasteiger partial charge is 0.489 e. The van der Waals surface area contributed by atoms with Crippen molar-refractivity contribution in [1.29, 1.82) is 0 Å². The lowest BCUT2D eigenvalue weighted by atomic mass is 10.1. The number of aromatic nitrogens is 1. The second-order valence-electron chi connectivity index (χ2n) is 4.83. The molecule has 0 aliphatic rings. The van der Waals surface area contributed by atoms with Crippen LogP contribution in [0.3, 0.4) is 0 Å². The number of nitrogens with zero attached hydrogens (tertiary/aromatic N) is 1. The van der Waals surface area contributed by atoms with Crippen molar-refractivity contribution in [2.45, 2.75) is 6.61 Å². The van der Waals surface area contributed by atoms with Crippen LogP contribution in [0.1, 0.15) is 5.56 Å². The number of hydrogen-bond donors (Lipinski definition) is 0. The molecule has 0 fully saturated rings. The van der Waals surface area contributed by atoms with Crippen molar-refractivity contribution >= 4 is 11.6 Å². The zero-order valence-corrected chi connectivity index (χ0v) is 12.4. The number of rotatable bonds is 4. The molecule has 0 spiro atoms. The van der Waals surface area contributed by atoms with Gasteiger partial charge in [0.05, 0.1) is 0 Å². The van der Waals surface area contributed by atoms with E-state index in [1.807, 2.05) is 30.3 Å². The van der Waals surface area contributed by atoms with Gasteiger partial charge in [-0.2, -0.15) is 0 Å². The first-order valence-electron chi connectivity index (χ1n) is 6.79. The van der Waals surface area contributed by atoms with Gasteiger partial charge < -0.3 is 4.74 Å². The third-order valence-corrected chi connectivity index (χ3v) is 3.44. The van der Waals surface area contributed by atoms with Gasteiger partial charge in [-0.05, 0) is 48.0 Å². The Hall–Kier alpha value is -2.39. The Morgan fingerprint density at radius 2 is 1.64 bits per heavy atom. The molecule has 2 aromatic carbocycles. The van der Waals surface area contributed by atoms with Crippen LogP contribution >= 0.6 is 11.6 Å². The van der Waals surface area contributed by atoms with Gasteiger partial charge in [0, 0.05) is 28.5 Å². The summed E-state index contributed by atoms with van der Waals surface area (Å²) in [4.78, 5) is 4.24. The summed E-state index contributed by atoms with van der Waals surface area (Å²) >= 11 is 5.90. The average Bonchev–Trinajstić information content (AvgIpc) is 2.55. The SMILES string of the molecule is Fc1ccc(OCc2cncc(-c3ccc(Cl)cc3)c2)cc1. The van der Waals surface area contributed by atoms with E-state index in [-0.39, 0.29) is 5.82 Å². The molecular weight excluding hydrogens is 301 g/mol. The highest BCUT2D eigenvalue weighted by Crippen LogP contribution is 2.22. The minimum atomic E-state index is -0.279. The summed E-state index contributed by atoms with van der Waals surface area (Å²) in [6.07, 6.45) is 3.55. The molecule has 0 aliphatic heterocycles. The second-order valence-corrected chi connectivity index (χ2v) is 5.27. The van der Waals surface area contributed by atoms with E-state index in [0.717, 1.165) is 16.7 Å². The lowest BCUT2D eigenvalue weighted by Gasteiger charge is -2.08. The predicted molar refractivity (Wildman–Crippen MR) is 85.4 cm³/mol. The van der Waals surface area contributed by atoms with Crippen molar-refractivity contribution in [2.75, 3.05) is 0 Å². The lowest BCUT2D eigenvalue weighted by molar-refractivity contribution is 0.305. The molecule has 0 atom stereocenters. The minimum Gasteiger partial charge on any atom is -0.489 e. The molecule has 0 unspecified atom stereocenters. The monoisotopic (exact) mass is 313 g/mol. The quantitative estimate of drug-likeness (QED) is 0.667. The number of pyridine rings is 1. The summed E-state index contributed by atoms with van der Waals surface area (Å²) in [5, 5.41) is 0.701. The van der Waals surface area contributed by atoms with E-state index in [1.54, 1.807) is 24.5 Å². The summed E-state index contributed by atoms with van der Waals surface area (Å²) in [6, 6.07) is 15.6. The standard InChI is InChI=1S/C18H13ClFNO/c19-16-3-1-14(2-4-16)15-9-13(10-21-11-15)12-22-18-7-5-17(20)6-8-18/h1-11H,12H2. The maximum atomic E-state index is 12.8. The Bertz CT molecular complexity index is 757. The van der Waals surface area contributed by atoms with Gasteiger partial charge in [0.15, 0.2) is 0 Å². The first kappa shape index (κ1) is 14.5. The highest BCUT2D eigenvalue weighted by atomic mass is 35.5. The first-order valence-corrected chi connectivity index (χ1v) is 7.17. The van der Waals surface area contributed by atoms with Gasteiger partial charge in [0.2, 0.25) is 0 Å². The topological polar surface area (TPSA) is 22.1 Å². The van der Waals surface area contributed by atoms with Crippen LogP contribution in [-0.4, -0.2) is 4.98 Å². The van der Waals surface area contributed by atoms with Crippen LogP contribution < -0.4 is 4.74 Å². The Balaban J connectivity index is 1.73. The Labute approximate surface area is 133 Å². The maximum absolute atomic E-state index is 12.8. The van der Waals surface area contributed by atoms with Gasteiger partial charge >= 0.3 is 0 Å². The Morgan fingerprint density at radius 3 is 2.36 bits per heavy atom. The average molecular weight is 314 g/mol. The molecule has 0 N–H and O–H groups in total. The molecule has 1 heterocycles.